The van der Waals surface area contributed by atoms with Crippen LogP contribution in [0.15, 0.2) is 53.4 Å². The van der Waals surface area contributed by atoms with Crippen LogP contribution in [0.5, 0.6) is 5.75 Å². The van der Waals surface area contributed by atoms with Crippen molar-refractivity contribution in [1.29, 1.82) is 0 Å². The van der Waals surface area contributed by atoms with E-state index >= 15 is 0 Å². The third-order valence-corrected chi connectivity index (χ3v) is 5.46. The zero-order chi connectivity index (χ0) is 21.9. The monoisotopic (exact) mass is 433 g/mol. The molecule has 0 radical (unpaired) electrons. The standard InChI is InChI=1S/C22H23N7O3/c1-31-16-4-2-15(3-5-16)20-25-17-6-7-23-21(19(17)27-20)29-11-9-28(10-12-29)14-18(30)26-22-24-8-13-32-22/h2-8,13H,9-12,14H2,1H3,(H,25,27)(H,24,26,30). The molecule has 3 aromatic heterocycles. The number of aromatic nitrogens is 4. The summed E-state index contributed by atoms with van der Waals surface area (Å²) in [6.45, 7) is 3.28. The molecular weight excluding hydrogens is 410 g/mol. The number of hydrogen-bond donors (Lipinski definition) is 2. The molecule has 0 aliphatic carbocycles. The molecule has 1 aromatic carbocycles. The van der Waals surface area contributed by atoms with Gasteiger partial charge in [-0.1, -0.05) is 0 Å². The van der Waals surface area contributed by atoms with Gasteiger partial charge < -0.3 is 19.0 Å². The van der Waals surface area contributed by atoms with Crippen LogP contribution >= 0.6 is 0 Å². The Labute approximate surface area is 184 Å². The molecule has 2 N–H and O–H groups in total. The molecule has 0 bridgehead atoms. The summed E-state index contributed by atoms with van der Waals surface area (Å²) in [4.78, 5) is 33.2. The SMILES string of the molecule is COc1ccc(-c2nc3c(N4CCN(CC(=O)Nc5ncco5)CC4)nccc3[nH]2)cc1. The smallest absolute Gasteiger partial charge is 0.301 e. The Morgan fingerprint density at radius 2 is 1.94 bits per heavy atom. The molecule has 32 heavy (non-hydrogen) atoms. The number of methoxy groups -OCH3 is 1. The number of amides is 1. The number of nitrogens with one attached hydrogen (secondary N) is 2. The van der Waals surface area contributed by atoms with Crippen molar-refractivity contribution in [1.82, 2.24) is 24.8 Å². The number of ether oxygens (including phenoxy) is 1. The van der Waals surface area contributed by atoms with Crippen molar-refractivity contribution < 1.29 is 13.9 Å². The van der Waals surface area contributed by atoms with Gasteiger partial charge in [0.2, 0.25) is 5.91 Å². The Morgan fingerprint density at radius 3 is 2.66 bits per heavy atom. The second kappa shape index (κ2) is 8.67. The first-order valence-corrected chi connectivity index (χ1v) is 10.4. The molecule has 4 aromatic rings. The van der Waals surface area contributed by atoms with E-state index in [2.05, 4.69) is 30.1 Å². The van der Waals surface area contributed by atoms with Gasteiger partial charge in [0.05, 0.1) is 25.4 Å². The lowest BCUT2D eigenvalue weighted by Gasteiger charge is -2.34. The van der Waals surface area contributed by atoms with Crippen molar-refractivity contribution in [2.24, 2.45) is 0 Å². The van der Waals surface area contributed by atoms with Crippen LogP contribution in [0.4, 0.5) is 11.8 Å². The molecule has 10 nitrogen and oxygen atoms in total. The fourth-order valence-corrected chi connectivity index (χ4v) is 3.80. The van der Waals surface area contributed by atoms with Crippen molar-refractivity contribution in [3.05, 3.63) is 49.0 Å². The van der Waals surface area contributed by atoms with Crippen LogP contribution in [0.2, 0.25) is 0 Å². The predicted molar refractivity (Wildman–Crippen MR) is 120 cm³/mol. The maximum atomic E-state index is 12.2. The van der Waals surface area contributed by atoms with Crippen LogP contribution in [-0.4, -0.2) is 70.6 Å². The molecule has 4 heterocycles. The number of benzene rings is 1. The van der Waals surface area contributed by atoms with Gasteiger partial charge in [0.15, 0.2) is 5.82 Å². The highest BCUT2D eigenvalue weighted by atomic mass is 16.5. The predicted octanol–water partition coefficient (Wildman–Crippen LogP) is 2.38. The second-order valence-corrected chi connectivity index (χ2v) is 7.49. The van der Waals surface area contributed by atoms with Gasteiger partial charge in [0.1, 0.15) is 23.4 Å². The van der Waals surface area contributed by atoms with Crippen LogP contribution in [0.25, 0.3) is 22.4 Å². The zero-order valence-electron chi connectivity index (χ0n) is 17.6. The Kier molecular flexibility index (Phi) is 5.42. The number of pyridine rings is 1. The van der Waals surface area contributed by atoms with E-state index in [1.54, 1.807) is 13.3 Å². The highest BCUT2D eigenvalue weighted by Crippen LogP contribution is 2.28. The molecule has 164 valence electrons. The van der Waals surface area contributed by atoms with E-state index in [-0.39, 0.29) is 18.5 Å². The largest absolute Gasteiger partial charge is 0.497 e. The number of oxazole rings is 1. The Hall–Kier alpha value is -3.92. The van der Waals surface area contributed by atoms with Gasteiger partial charge >= 0.3 is 6.01 Å². The highest BCUT2D eigenvalue weighted by molar-refractivity contribution is 5.90. The topological polar surface area (TPSA) is 112 Å². The highest BCUT2D eigenvalue weighted by Gasteiger charge is 2.23. The van der Waals surface area contributed by atoms with Gasteiger partial charge in [0, 0.05) is 37.9 Å². The van der Waals surface area contributed by atoms with Crippen LogP contribution in [0, 0.1) is 0 Å². The van der Waals surface area contributed by atoms with Gasteiger partial charge in [-0.2, -0.15) is 0 Å². The first-order chi connectivity index (χ1) is 15.7. The molecular formula is C22H23N7O3. The lowest BCUT2D eigenvalue weighted by Crippen LogP contribution is -2.49. The van der Waals surface area contributed by atoms with E-state index in [4.69, 9.17) is 14.1 Å². The minimum atomic E-state index is -0.141. The van der Waals surface area contributed by atoms with E-state index in [1.807, 2.05) is 30.3 Å². The van der Waals surface area contributed by atoms with Crippen molar-refractivity contribution in [2.45, 2.75) is 0 Å². The molecule has 1 amide bonds. The summed E-state index contributed by atoms with van der Waals surface area (Å²) in [5.74, 6) is 2.30. The summed E-state index contributed by atoms with van der Waals surface area (Å²) in [5, 5.41) is 2.66. The number of fused-ring (bicyclic) bond motifs is 1. The van der Waals surface area contributed by atoms with Crippen LogP contribution in [-0.2, 0) is 4.79 Å². The fraction of sp³-hybridized carbons (Fsp3) is 0.273. The van der Waals surface area contributed by atoms with Crippen molar-refractivity contribution >= 4 is 28.8 Å². The van der Waals surface area contributed by atoms with Gasteiger partial charge in [-0.05, 0) is 30.3 Å². The van der Waals surface area contributed by atoms with E-state index in [9.17, 15) is 4.79 Å². The third kappa shape index (κ3) is 4.12. The summed E-state index contributed by atoms with van der Waals surface area (Å²) in [5.41, 5.74) is 2.76. The van der Waals surface area contributed by atoms with Gasteiger partial charge in [-0.3, -0.25) is 15.0 Å². The number of aromatic amines is 1. The maximum absolute atomic E-state index is 12.2. The van der Waals surface area contributed by atoms with Crippen molar-refractivity contribution in [2.75, 3.05) is 50.1 Å². The van der Waals surface area contributed by atoms with Crippen LogP contribution in [0.1, 0.15) is 0 Å². The molecule has 1 saturated heterocycles. The quantitative estimate of drug-likeness (QED) is 0.477. The first kappa shape index (κ1) is 20.0. The van der Waals surface area contributed by atoms with Gasteiger partial charge in [-0.15, -0.1) is 0 Å². The molecule has 1 aliphatic rings. The summed E-state index contributed by atoms with van der Waals surface area (Å²) in [6, 6.07) is 9.94. The minimum Gasteiger partial charge on any atom is -0.497 e. The molecule has 0 atom stereocenters. The molecule has 0 unspecified atom stereocenters. The average Bonchev–Trinajstić information content (AvgIpc) is 3.49. The van der Waals surface area contributed by atoms with Gasteiger partial charge in [0.25, 0.3) is 0 Å². The molecule has 1 aliphatic heterocycles. The fourth-order valence-electron chi connectivity index (χ4n) is 3.80. The van der Waals surface area contributed by atoms with Crippen molar-refractivity contribution in [3.63, 3.8) is 0 Å². The summed E-state index contributed by atoms with van der Waals surface area (Å²) >= 11 is 0. The van der Waals surface area contributed by atoms with E-state index in [1.165, 1.54) is 12.5 Å². The number of nitrogens with zero attached hydrogens (tertiary/aromatic N) is 5. The van der Waals surface area contributed by atoms with E-state index in [0.29, 0.717) is 0 Å². The maximum Gasteiger partial charge on any atom is 0.301 e. The van der Waals surface area contributed by atoms with Crippen LogP contribution in [0.3, 0.4) is 0 Å². The van der Waals surface area contributed by atoms with E-state index < -0.39 is 0 Å². The molecule has 5 rings (SSSR count). The number of hydrogen-bond acceptors (Lipinski definition) is 8. The Bertz CT molecular complexity index is 1200. The molecule has 0 saturated carbocycles. The zero-order valence-corrected chi connectivity index (χ0v) is 17.6. The number of imidazole rings is 1. The minimum absolute atomic E-state index is 0.141. The lowest BCUT2D eigenvalue weighted by atomic mass is 10.2. The van der Waals surface area contributed by atoms with Crippen LogP contribution < -0.4 is 15.0 Å². The average molecular weight is 433 g/mol. The number of carbonyl (C=O) groups is 1. The number of piperazine rings is 1. The number of H-pyrrole nitrogens is 1. The van der Waals surface area contributed by atoms with E-state index in [0.717, 1.165) is 60.2 Å². The number of carbonyl (C=O) groups excluding carboxylic acids is 1. The summed E-state index contributed by atoms with van der Waals surface area (Å²) in [6.07, 6.45) is 4.72. The number of anilines is 2. The Morgan fingerprint density at radius 1 is 1.12 bits per heavy atom. The molecule has 0 spiro atoms. The first-order valence-electron chi connectivity index (χ1n) is 10.4. The van der Waals surface area contributed by atoms with Crippen molar-refractivity contribution in [3.8, 4) is 17.1 Å². The summed E-state index contributed by atoms with van der Waals surface area (Å²) in [7, 11) is 1.65. The Balaban J connectivity index is 1.27. The number of rotatable bonds is 6. The third-order valence-electron chi connectivity index (χ3n) is 5.46. The molecule has 1 fully saturated rings. The second-order valence-electron chi connectivity index (χ2n) is 7.49. The summed E-state index contributed by atoms with van der Waals surface area (Å²) < 4.78 is 10.3. The molecule has 10 heteroatoms. The lowest BCUT2D eigenvalue weighted by molar-refractivity contribution is -0.117. The van der Waals surface area contributed by atoms with Gasteiger partial charge in [-0.25, -0.2) is 15.0 Å². The normalized spacial score (nSPS) is 14.6.